The predicted molar refractivity (Wildman–Crippen MR) is 109 cm³/mol. The minimum atomic E-state index is -0.954. The first-order valence-electron chi connectivity index (χ1n) is 9.53. The molecule has 1 aliphatic rings. The number of primary amides is 1. The third-order valence-electron chi connectivity index (χ3n) is 5.37. The molecule has 0 spiro atoms. The summed E-state index contributed by atoms with van der Waals surface area (Å²) >= 11 is 6.11. The summed E-state index contributed by atoms with van der Waals surface area (Å²) in [5, 5.41) is 0.547. The van der Waals surface area contributed by atoms with E-state index in [2.05, 4.69) is 4.90 Å². The molecular formula is C22H24ClFN2O3. The summed E-state index contributed by atoms with van der Waals surface area (Å²) in [5.74, 6) is -0.423. The van der Waals surface area contributed by atoms with Gasteiger partial charge in [0, 0.05) is 23.0 Å². The van der Waals surface area contributed by atoms with Crippen LogP contribution in [0.15, 0.2) is 48.5 Å². The third kappa shape index (κ3) is 5.34. The molecule has 1 saturated heterocycles. The molecule has 1 amide bonds. The minimum Gasteiger partial charge on any atom is -0.437 e. The van der Waals surface area contributed by atoms with Crippen LogP contribution in [0.2, 0.25) is 5.02 Å². The highest BCUT2D eigenvalue weighted by Gasteiger charge is 2.35. The van der Waals surface area contributed by atoms with E-state index in [1.807, 2.05) is 6.07 Å². The number of hydrogen-bond donors (Lipinski definition) is 1. The van der Waals surface area contributed by atoms with Gasteiger partial charge in [0.2, 0.25) is 0 Å². The van der Waals surface area contributed by atoms with Gasteiger partial charge in [-0.25, -0.2) is 9.18 Å². The Morgan fingerprint density at radius 1 is 1.21 bits per heavy atom. The summed E-state index contributed by atoms with van der Waals surface area (Å²) in [6, 6.07) is 12.8. The Kier molecular flexibility index (Phi) is 6.55. The number of benzene rings is 2. The van der Waals surface area contributed by atoms with E-state index in [0.29, 0.717) is 43.1 Å². The molecule has 154 valence electrons. The molecule has 0 radical (unpaired) electrons. The Labute approximate surface area is 174 Å². The van der Waals surface area contributed by atoms with Crippen LogP contribution in [-0.4, -0.2) is 36.4 Å². The van der Waals surface area contributed by atoms with Gasteiger partial charge in [-0.3, -0.25) is 9.69 Å². The van der Waals surface area contributed by atoms with Crippen molar-refractivity contribution in [3.63, 3.8) is 0 Å². The predicted octanol–water partition coefficient (Wildman–Crippen LogP) is 4.38. The Morgan fingerprint density at radius 3 is 2.45 bits per heavy atom. The van der Waals surface area contributed by atoms with Crippen LogP contribution >= 0.6 is 11.6 Å². The van der Waals surface area contributed by atoms with Gasteiger partial charge in [-0.15, -0.1) is 0 Å². The second kappa shape index (κ2) is 8.93. The van der Waals surface area contributed by atoms with E-state index in [9.17, 15) is 14.0 Å². The number of amides is 1. The van der Waals surface area contributed by atoms with Crippen molar-refractivity contribution in [1.82, 2.24) is 4.90 Å². The Morgan fingerprint density at radius 2 is 1.86 bits per heavy atom. The number of likely N-dealkylation sites (tertiary alicyclic amines) is 1. The highest BCUT2D eigenvalue weighted by Crippen LogP contribution is 2.31. The number of carbonyl (C=O) groups is 2. The summed E-state index contributed by atoms with van der Waals surface area (Å²) in [5.41, 5.74) is 5.65. The molecule has 1 fully saturated rings. The minimum absolute atomic E-state index is 0.0376. The summed E-state index contributed by atoms with van der Waals surface area (Å²) in [6.45, 7) is 3.60. The maximum absolute atomic E-state index is 13.1. The molecule has 2 N–H and O–H groups in total. The molecule has 3 rings (SSSR count). The molecule has 29 heavy (non-hydrogen) atoms. The first kappa shape index (κ1) is 21.3. The van der Waals surface area contributed by atoms with Gasteiger partial charge >= 0.3 is 6.09 Å². The Bertz CT molecular complexity index is 882. The van der Waals surface area contributed by atoms with Crippen molar-refractivity contribution in [2.45, 2.75) is 25.4 Å². The highest BCUT2D eigenvalue weighted by molar-refractivity contribution is 6.30. The van der Waals surface area contributed by atoms with Gasteiger partial charge < -0.3 is 10.5 Å². The van der Waals surface area contributed by atoms with E-state index in [1.165, 1.54) is 24.3 Å². The molecule has 7 heteroatoms. The monoisotopic (exact) mass is 418 g/mol. The molecule has 1 atom stereocenters. The number of ether oxygens (including phenoxy) is 1. The van der Waals surface area contributed by atoms with Crippen molar-refractivity contribution >= 4 is 23.5 Å². The van der Waals surface area contributed by atoms with Crippen LogP contribution < -0.4 is 5.73 Å². The van der Waals surface area contributed by atoms with Crippen LogP contribution in [-0.2, 0) is 10.3 Å². The Hall–Kier alpha value is -2.44. The van der Waals surface area contributed by atoms with Gasteiger partial charge in [0.05, 0.1) is 0 Å². The molecular weight excluding hydrogens is 395 g/mol. The number of ketones is 1. The fraction of sp³-hybridized carbons (Fsp3) is 0.364. The van der Waals surface area contributed by atoms with Gasteiger partial charge in [0.1, 0.15) is 11.4 Å². The smallest absolute Gasteiger partial charge is 0.405 e. The molecule has 1 aliphatic heterocycles. The van der Waals surface area contributed by atoms with Gasteiger partial charge in [0.25, 0.3) is 0 Å². The molecule has 0 bridgehead atoms. The summed E-state index contributed by atoms with van der Waals surface area (Å²) in [6.07, 6.45) is 0.505. The van der Waals surface area contributed by atoms with Gasteiger partial charge in [-0.05, 0) is 74.8 Å². The lowest BCUT2D eigenvalue weighted by atomic mass is 9.87. The van der Waals surface area contributed by atoms with Crippen LogP contribution in [0.3, 0.4) is 0 Å². The van der Waals surface area contributed by atoms with Crippen LogP contribution in [0, 0.1) is 11.7 Å². The maximum Gasteiger partial charge on any atom is 0.405 e. The van der Waals surface area contributed by atoms with E-state index in [4.69, 9.17) is 22.1 Å². The summed E-state index contributed by atoms with van der Waals surface area (Å²) in [7, 11) is 0. The largest absolute Gasteiger partial charge is 0.437 e. The fourth-order valence-corrected chi connectivity index (χ4v) is 4.04. The molecule has 0 aromatic heterocycles. The zero-order valence-electron chi connectivity index (χ0n) is 16.2. The normalized spacial score (nSPS) is 17.5. The molecule has 1 heterocycles. The zero-order chi connectivity index (χ0) is 21.0. The molecule has 0 aliphatic carbocycles. The summed E-state index contributed by atoms with van der Waals surface area (Å²) in [4.78, 5) is 26.3. The standard InChI is InChI=1S/C22H24ClFN2O3/c1-22(29-21(25)28,17-3-2-4-18(23)13-17)14-26-11-9-16(10-12-26)20(27)15-5-7-19(24)8-6-15/h2-8,13,16H,9-12,14H2,1H3,(H2,25,28). The highest BCUT2D eigenvalue weighted by atomic mass is 35.5. The van der Waals surface area contributed by atoms with Crippen LogP contribution in [0.5, 0.6) is 0 Å². The molecule has 0 saturated carbocycles. The fourth-order valence-electron chi connectivity index (χ4n) is 3.85. The van der Waals surface area contributed by atoms with E-state index in [0.717, 1.165) is 5.56 Å². The van der Waals surface area contributed by atoms with Crippen molar-refractivity contribution < 1.29 is 18.7 Å². The van der Waals surface area contributed by atoms with Crippen molar-refractivity contribution in [3.8, 4) is 0 Å². The van der Waals surface area contributed by atoms with Gasteiger partial charge in [-0.2, -0.15) is 0 Å². The van der Waals surface area contributed by atoms with Crippen LogP contribution in [0.4, 0.5) is 9.18 Å². The number of hydrogen-bond acceptors (Lipinski definition) is 4. The first-order chi connectivity index (χ1) is 13.8. The lowest BCUT2D eigenvalue weighted by molar-refractivity contribution is -0.00810. The number of Topliss-reactive ketones (excluding diaryl/α,β-unsaturated/α-hetero) is 1. The maximum atomic E-state index is 13.1. The first-order valence-corrected chi connectivity index (χ1v) is 9.91. The lowest BCUT2D eigenvalue weighted by Gasteiger charge is -2.38. The van der Waals surface area contributed by atoms with E-state index >= 15 is 0 Å². The molecule has 1 unspecified atom stereocenters. The average molecular weight is 419 g/mol. The number of nitrogens with two attached hydrogens (primary N) is 1. The average Bonchev–Trinajstić information content (AvgIpc) is 2.68. The van der Waals surface area contributed by atoms with Crippen molar-refractivity contribution in [1.29, 1.82) is 0 Å². The summed E-state index contributed by atoms with van der Waals surface area (Å²) < 4.78 is 18.6. The van der Waals surface area contributed by atoms with Crippen LogP contribution in [0.1, 0.15) is 35.7 Å². The zero-order valence-corrected chi connectivity index (χ0v) is 17.0. The van der Waals surface area contributed by atoms with E-state index in [1.54, 1.807) is 25.1 Å². The van der Waals surface area contributed by atoms with Crippen molar-refractivity contribution in [3.05, 3.63) is 70.5 Å². The second-order valence-electron chi connectivity index (χ2n) is 7.58. The van der Waals surface area contributed by atoms with Crippen LogP contribution in [0.25, 0.3) is 0 Å². The van der Waals surface area contributed by atoms with E-state index in [-0.39, 0.29) is 17.5 Å². The third-order valence-corrected chi connectivity index (χ3v) is 5.61. The van der Waals surface area contributed by atoms with Gasteiger partial charge in [-0.1, -0.05) is 23.7 Å². The number of rotatable bonds is 6. The molecule has 2 aromatic rings. The van der Waals surface area contributed by atoms with Crippen molar-refractivity contribution in [2.24, 2.45) is 11.7 Å². The Balaban J connectivity index is 1.66. The number of carbonyl (C=O) groups excluding carboxylic acids is 2. The second-order valence-corrected chi connectivity index (χ2v) is 8.02. The van der Waals surface area contributed by atoms with E-state index < -0.39 is 11.7 Å². The number of nitrogens with zero attached hydrogens (tertiary/aromatic N) is 1. The SMILES string of the molecule is CC(CN1CCC(C(=O)c2ccc(F)cc2)CC1)(OC(N)=O)c1cccc(Cl)c1. The number of piperidine rings is 1. The quantitative estimate of drug-likeness (QED) is 0.706. The molecule has 5 nitrogen and oxygen atoms in total. The lowest BCUT2D eigenvalue weighted by Crippen LogP contribution is -2.46. The topological polar surface area (TPSA) is 72.6 Å². The van der Waals surface area contributed by atoms with Crippen molar-refractivity contribution in [2.75, 3.05) is 19.6 Å². The van der Waals surface area contributed by atoms with Gasteiger partial charge in [0.15, 0.2) is 5.78 Å². The number of halogens is 2. The molecule has 2 aromatic carbocycles.